The molecule has 2 amide bonds. The zero-order valence-electron chi connectivity index (χ0n) is 8.80. The van der Waals surface area contributed by atoms with Crippen LogP contribution in [0.4, 0.5) is 0 Å². The van der Waals surface area contributed by atoms with E-state index in [0.717, 1.165) is 10.5 Å². The molecule has 0 aliphatic carbocycles. The normalized spacial score (nSPS) is 21.3. The lowest BCUT2D eigenvalue weighted by Gasteiger charge is -2.28. The second-order valence-corrected chi connectivity index (χ2v) is 3.86. The molecule has 1 heterocycles. The van der Waals surface area contributed by atoms with Gasteiger partial charge in [-0.05, 0) is 12.0 Å². The van der Waals surface area contributed by atoms with Gasteiger partial charge in [-0.15, -0.1) is 0 Å². The quantitative estimate of drug-likeness (QED) is 0.745. The van der Waals surface area contributed by atoms with Crippen molar-refractivity contribution in [1.82, 2.24) is 4.90 Å². The predicted molar refractivity (Wildman–Crippen MR) is 57.2 cm³/mol. The molecule has 16 heavy (non-hydrogen) atoms. The van der Waals surface area contributed by atoms with Crippen molar-refractivity contribution in [3.8, 4) is 0 Å². The Morgan fingerprint density at radius 2 is 1.94 bits per heavy atom. The van der Waals surface area contributed by atoms with Crippen molar-refractivity contribution in [3.05, 3.63) is 35.9 Å². The highest BCUT2D eigenvalue weighted by Gasteiger charge is 2.32. The molecule has 1 N–H and O–H groups in total. The molecule has 4 nitrogen and oxygen atoms in total. The molecule has 2 rings (SSSR count). The van der Waals surface area contributed by atoms with Gasteiger partial charge in [0.05, 0.1) is 6.54 Å². The molecule has 1 aliphatic rings. The predicted octanol–water partition coefficient (Wildman–Crippen LogP) is 0.696. The molecule has 0 saturated carbocycles. The number of carbonyl (C=O) groups excluding carboxylic acids is 2. The molecule has 84 valence electrons. The maximum Gasteiger partial charge on any atom is 0.258 e. The average Bonchev–Trinajstić information content (AvgIpc) is 2.31. The molecule has 0 bridgehead atoms. The fraction of sp³-hybridized carbons (Fsp3) is 0.333. The summed E-state index contributed by atoms with van der Waals surface area (Å²) in [6, 6.07) is 9.27. The molecule has 1 aromatic carbocycles. The number of benzene rings is 1. The third kappa shape index (κ3) is 2.12. The Labute approximate surface area is 93.5 Å². The lowest BCUT2D eigenvalue weighted by atomic mass is 10.1. The Kier molecular flexibility index (Phi) is 3.01. The molecular weight excluding hydrogens is 206 g/mol. The van der Waals surface area contributed by atoms with Crippen LogP contribution in [0.3, 0.4) is 0 Å². The first-order valence-corrected chi connectivity index (χ1v) is 5.24. The summed E-state index contributed by atoms with van der Waals surface area (Å²) in [4.78, 5) is 24.3. The van der Waals surface area contributed by atoms with Crippen LogP contribution < -0.4 is 0 Å². The molecular formula is C12H13NO3. The third-order valence-corrected chi connectivity index (χ3v) is 2.67. The number of hydrogen-bond acceptors (Lipinski definition) is 3. The first kappa shape index (κ1) is 10.8. The summed E-state index contributed by atoms with van der Waals surface area (Å²) in [5, 5.41) is 9.40. The van der Waals surface area contributed by atoms with Gasteiger partial charge in [0.1, 0.15) is 6.10 Å². The first-order chi connectivity index (χ1) is 7.68. The number of nitrogens with zero attached hydrogens (tertiary/aromatic N) is 1. The van der Waals surface area contributed by atoms with Crippen molar-refractivity contribution in [2.45, 2.75) is 25.5 Å². The van der Waals surface area contributed by atoms with Gasteiger partial charge in [-0.3, -0.25) is 14.5 Å². The minimum Gasteiger partial charge on any atom is -0.383 e. The smallest absolute Gasteiger partial charge is 0.258 e. The zero-order valence-corrected chi connectivity index (χ0v) is 8.80. The second-order valence-electron chi connectivity index (χ2n) is 3.86. The number of hydrogen-bond donors (Lipinski definition) is 1. The molecule has 0 aromatic heterocycles. The topological polar surface area (TPSA) is 57.6 Å². The van der Waals surface area contributed by atoms with Gasteiger partial charge in [-0.25, -0.2) is 0 Å². The number of imide groups is 1. The van der Waals surface area contributed by atoms with Crippen molar-refractivity contribution < 1.29 is 14.7 Å². The van der Waals surface area contributed by atoms with Crippen LogP contribution in [-0.2, 0) is 16.1 Å². The Bertz CT molecular complexity index is 402. The van der Waals surface area contributed by atoms with Gasteiger partial charge < -0.3 is 5.11 Å². The molecule has 4 heteroatoms. The fourth-order valence-corrected chi connectivity index (χ4v) is 1.75. The number of likely N-dealkylation sites (tertiary alicyclic amines) is 1. The largest absolute Gasteiger partial charge is 0.383 e. The van der Waals surface area contributed by atoms with Crippen LogP contribution in [0.5, 0.6) is 0 Å². The SMILES string of the molecule is O=C1CC[C@H](O)C(=O)N1Cc1ccccc1. The van der Waals surface area contributed by atoms with Gasteiger partial charge in [0, 0.05) is 6.42 Å². The Morgan fingerprint density at radius 1 is 1.25 bits per heavy atom. The molecule has 0 radical (unpaired) electrons. The minimum atomic E-state index is -1.03. The van der Waals surface area contributed by atoms with Gasteiger partial charge in [0.2, 0.25) is 5.91 Å². The van der Waals surface area contributed by atoms with E-state index < -0.39 is 12.0 Å². The number of aliphatic hydroxyl groups is 1. The van der Waals surface area contributed by atoms with Crippen LogP contribution in [0.15, 0.2) is 30.3 Å². The average molecular weight is 219 g/mol. The van der Waals surface area contributed by atoms with Crippen molar-refractivity contribution in [3.63, 3.8) is 0 Å². The first-order valence-electron chi connectivity index (χ1n) is 5.24. The molecule has 1 aliphatic heterocycles. The van der Waals surface area contributed by atoms with E-state index in [0.29, 0.717) is 0 Å². The highest BCUT2D eigenvalue weighted by molar-refractivity contribution is 5.99. The number of rotatable bonds is 2. The summed E-state index contributed by atoms with van der Waals surface area (Å²) in [6.45, 7) is 0.246. The zero-order chi connectivity index (χ0) is 11.5. The number of carbonyl (C=O) groups is 2. The van der Waals surface area contributed by atoms with Crippen LogP contribution in [0, 0.1) is 0 Å². The van der Waals surface area contributed by atoms with E-state index in [4.69, 9.17) is 0 Å². The summed E-state index contributed by atoms with van der Waals surface area (Å²) in [6.07, 6.45) is -0.552. The van der Waals surface area contributed by atoms with Crippen LogP contribution in [0.25, 0.3) is 0 Å². The Hall–Kier alpha value is -1.68. The van der Waals surface area contributed by atoms with Crippen LogP contribution in [0.1, 0.15) is 18.4 Å². The van der Waals surface area contributed by atoms with Crippen molar-refractivity contribution in [2.24, 2.45) is 0 Å². The number of aliphatic hydroxyl groups excluding tert-OH is 1. The van der Waals surface area contributed by atoms with E-state index in [1.54, 1.807) is 0 Å². The lowest BCUT2D eigenvalue weighted by Crippen LogP contribution is -2.47. The molecule has 0 spiro atoms. The van der Waals surface area contributed by atoms with Crippen LogP contribution >= 0.6 is 0 Å². The minimum absolute atomic E-state index is 0.209. The van der Waals surface area contributed by atoms with E-state index in [9.17, 15) is 14.7 Å². The van der Waals surface area contributed by atoms with E-state index in [1.807, 2.05) is 30.3 Å². The molecule has 1 saturated heterocycles. The Balaban J connectivity index is 2.13. The van der Waals surface area contributed by atoms with Gasteiger partial charge in [-0.1, -0.05) is 30.3 Å². The van der Waals surface area contributed by atoms with Gasteiger partial charge in [-0.2, -0.15) is 0 Å². The standard InChI is InChI=1S/C12H13NO3/c14-10-6-7-11(15)13(12(10)16)8-9-4-2-1-3-5-9/h1-5,10,14H,6-8H2/t10-/m0/s1. The highest BCUT2D eigenvalue weighted by atomic mass is 16.3. The summed E-state index contributed by atoms with van der Waals surface area (Å²) in [5.41, 5.74) is 0.887. The van der Waals surface area contributed by atoms with E-state index in [2.05, 4.69) is 0 Å². The maximum absolute atomic E-state index is 11.6. The van der Waals surface area contributed by atoms with Crippen LogP contribution in [-0.4, -0.2) is 27.9 Å². The summed E-state index contributed by atoms with van der Waals surface area (Å²) in [7, 11) is 0. The maximum atomic E-state index is 11.6. The molecule has 1 fully saturated rings. The number of amides is 2. The monoisotopic (exact) mass is 219 g/mol. The van der Waals surface area contributed by atoms with E-state index >= 15 is 0 Å². The molecule has 1 aromatic rings. The highest BCUT2D eigenvalue weighted by Crippen LogP contribution is 2.16. The van der Waals surface area contributed by atoms with Gasteiger partial charge >= 0.3 is 0 Å². The Morgan fingerprint density at radius 3 is 2.62 bits per heavy atom. The van der Waals surface area contributed by atoms with Gasteiger partial charge in [0.25, 0.3) is 5.91 Å². The number of piperidine rings is 1. The van der Waals surface area contributed by atoms with Crippen molar-refractivity contribution in [2.75, 3.05) is 0 Å². The fourth-order valence-electron chi connectivity index (χ4n) is 1.75. The second kappa shape index (κ2) is 4.45. The van der Waals surface area contributed by atoms with Crippen LogP contribution in [0.2, 0.25) is 0 Å². The molecule has 0 unspecified atom stereocenters. The van der Waals surface area contributed by atoms with E-state index in [-0.39, 0.29) is 25.3 Å². The van der Waals surface area contributed by atoms with Crippen molar-refractivity contribution >= 4 is 11.8 Å². The van der Waals surface area contributed by atoms with Crippen molar-refractivity contribution in [1.29, 1.82) is 0 Å². The molecule has 1 atom stereocenters. The lowest BCUT2D eigenvalue weighted by molar-refractivity contribution is -0.156. The summed E-state index contributed by atoms with van der Waals surface area (Å²) >= 11 is 0. The van der Waals surface area contributed by atoms with E-state index in [1.165, 1.54) is 0 Å². The third-order valence-electron chi connectivity index (χ3n) is 2.67. The summed E-state index contributed by atoms with van der Waals surface area (Å²) < 4.78 is 0. The summed E-state index contributed by atoms with van der Waals surface area (Å²) in [5.74, 6) is -0.695. The van der Waals surface area contributed by atoms with Gasteiger partial charge in [0.15, 0.2) is 0 Å².